The molecule has 1 amide bonds. The molecule has 1 aromatic heterocycles. The van der Waals surface area contributed by atoms with Gasteiger partial charge in [-0.25, -0.2) is 9.97 Å². The number of benzene rings is 4. The first-order valence-electron chi connectivity index (χ1n) is 10.9. The molecule has 0 saturated heterocycles. The number of nitrogens with one attached hydrogen (secondary N) is 2. The number of hydrogen-bond acceptors (Lipinski definition) is 5. The zero-order chi connectivity index (χ0) is 24.2. The minimum atomic E-state index is -0.222. The summed E-state index contributed by atoms with van der Waals surface area (Å²) in [4.78, 5) is 22.2. The number of amides is 1. The fraction of sp³-hybridized carbons (Fsp3) is 0.0357. The number of methoxy groups -OCH3 is 1. The molecule has 0 bridgehead atoms. The van der Waals surface area contributed by atoms with E-state index in [-0.39, 0.29) is 5.91 Å². The van der Waals surface area contributed by atoms with E-state index in [1.165, 1.54) is 0 Å². The number of nitrogens with zero attached hydrogens (tertiary/aromatic N) is 2. The largest absolute Gasteiger partial charge is 0.495 e. The fourth-order valence-electron chi connectivity index (χ4n) is 3.75. The minimum absolute atomic E-state index is 0.222. The van der Waals surface area contributed by atoms with E-state index in [1.807, 2.05) is 72.8 Å². The zero-order valence-corrected chi connectivity index (χ0v) is 20.4. The van der Waals surface area contributed by atoms with E-state index in [2.05, 4.69) is 26.6 Å². The van der Waals surface area contributed by atoms with Crippen molar-refractivity contribution in [3.8, 4) is 17.0 Å². The van der Waals surface area contributed by atoms with Crippen LogP contribution in [-0.2, 0) is 0 Å². The smallest absolute Gasteiger partial charge is 0.255 e. The van der Waals surface area contributed by atoms with Gasteiger partial charge in [0.1, 0.15) is 5.75 Å². The standard InChI is InChI=1S/C28H21BrN4O2/c1-35-25-10-6-5-9-24(25)31-27(34)19-11-14-21(15-12-19)30-28-32-23-16-13-20(29)17-22(23)26(33-28)18-7-3-2-4-8-18/h2-17H,1H3,(H,31,34)(H,30,32,33). The molecule has 7 heteroatoms. The number of ether oxygens (including phenoxy) is 1. The van der Waals surface area contributed by atoms with Crippen LogP contribution in [0.25, 0.3) is 22.2 Å². The Bertz CT molecular complexity index is 1510. The van der Waals surface area contributed by atoms with E-state index < -0.39 is 0 Å². The van der Waals surface area contributed by atoms with E-state index in [0.717, 1.165) is 32.3 Å². The van der Waals surface area contributed by atoms with Gasteiger partial charge in [-0.2, -0.15) is 0 Å². The maximum Gasteiger partial charge on any atom is 0.255 e. The van der Waals surface area contributed by atoms with E-state index in [1.54, 1.807) is 31.4 Å². The van der Waals surface area contributed by atoms with Crippen LogP contribution in [-0.4, -0.2) is 23.0 Å². The lowest BCUT2D eigenvalue weighted by atomic mass is 10.1. The number of rotatable bonds is 6. The third-order valence-corrected chi connectivity index (χ3v) is 5.96. The Morgan fingerprint density at radius 1 is 0.857 bits per heavy atom. The van der Waals surface area contributed by atoms with Crippen LogP contribution >= 0.6 is 15.9 Å². The topological polar surface area (TPSA) is 76.1 Å². The molecular weight excluding hydrogens is 504 g/mol. The van der Waals surface area contributed by atoms with Crippen LogP contribution in [0.4, 0.5) is 17.3 Å². The number of carbonyl (C=O) groups excluding carboxylic acids is 1. The molecule has 4 aromatic carbocycles. The van der Waals surface area contributed by atoms with Gasteiger partial charge in [-0.05, 0) is 54.6 Å². The minimum Gasteiger partial charge on any atom is -0.495 e. The van der Waals surface area contributed by atoms with Crippen LogP contribution in [0.2, 0.25) is 0 Å². The molecule has 0 aliphatic carbocycles. The summed E-state index contributed by atoms with van der Waals surface area (Å²) in [5, 5.41) is 7.11. The predicted octanol–water partition coefficient (Wildman–Crippen LogP) is 7.06. The van der Waals surface area contributed by atoms with Crippen molar-refractivity contribution in [3.63, 3.8) is 0 Å². The Morgan fingerprint density at radius 2 is 1.60 bits per heavy atom. The summed E-state index contributed by atoms with van der Waals surface area (Å²) < 4.78 is 6.27. The normalized spacial score (nSPS) is 10.7. The van der Waals surface area contributed by atoms with Crippen LogP contribution in [0.3, 0.4) is 0 Å². The maximum atomic E-state index is 12.7. The molecule has 1 heterocycles. The van der Waals surface area contributed by atoms with E-state index in [4.69, 9.17) is 14.7 Å². The third-order valence-electron chi connectivity index (χ3n) is 5.46. The highest BCUT2D eigenvalue weighted by atomic mass is 79.9. The van der Waals surface area contributed by atoms with Gasteiger partial charge in [-0.3, -0.25) is 4.79 Å². The van der Waals surface area contributed by atoms with Crippen molar-refractivity contribution in [1.29, 1.82) is 0 Å². The second kappa shape index (κ2) is 9.95. The summed E-state index contributed by atoms with van der Waals surface area (Å²) in [6.07, 6.45) is 0. The van der Waals surface area contributed by atoms with Crippen molar-refractivity contribution in [2.75, 3.05) is 17.7 Å². The zero-order valence-electron chi connectivity index (χ0n) is 18.8. The van der Waals surface area contributed by atoms with Gasteiger partial charge in [0.2, 0.25) is 5.95 Å². The molecule has 2 N–H and O–H groups in total. The van der Waals surface area contributed by atoms with Gasteiger partial charge in [0.05, 0.1) is 24.0 Å². The number of aromatic nitrogens is 2. The molecule has 0 atom stereocenters. The summed E-state index contributed by atoms with van der Waals surface area (Å²) in [6.45, 7) is 0. The molecule has 0 aliphatic rings. The molecule has 0 spiro atoms. The molecule has 0 fully saturated rings. The average Bonchev–Trinajstić information content (AvgIpc) is 2.89. The molecule has 6 nitrogen and oxygen atoms in total. The number of para-hydroxylation sites is 2. The Labute approximate surface area is 211 Å². The highest BCUT2D eigenvalue weighted by Gasteiger charge is 2.12. The lowest BCUT2D eigenvalue weighted by Crippen LogP contribution is -2.12. The van der Waals surface area contributed by atoms with Crippen LogP contribution in [0, 0.1) is 0 Å². The fourth-order valence-corrected chi connectivity index (χ4v) is 4.11. The second-order valence-electron chi connectivity index (χ2n) is 7.78. The molecule has 0 aliphatic heterocycles. The molecule has 172 valence electrons. The van der Waals surface area contributed by atoms with Crippen molar-refractivity contribution in [1.82, 2.24) is 9.97 Å². The molecule has 5 aromatic rings. The first kappa shape index (κ1) is 22.6. The van der Waals surface area contributed by atoms with Crippen LogP contribution < -0.4 is 15.4 Å². The van der Waals surface area contributed by atoms with Gasteiger partial charge in [-0.1, -0.05) is 58.4 Å². The lowest BCUT2D eigenvalue weighted by molar-refractivity contribution is 0.102. The molecule has 0 saturated carbocycles. The Kier molecular flexibility index (Phi) is 6.41. The maximum absolute atomic E-state index is 12.7. The Hall–Kier alpha value is -4.23. The van der Waals surface area contributed by atoms with Crippen LogP contribution in [0.1, 0.15) is 10.4 Å². The number of carbonyl (C=O) groups is 1. The van der Waals surface area contributed by atoms with Crippen molar-refractivity contribution in [2.24, 2.45) is 0 Å². The second-order valence-corrected chi connectivity index (χ2v) is 8.70. The monoisotopic (exact) mass is 524 g/mol. The summed E-state index contributed by atoms with van der Waals surface area (Å²) in [7, 11) is 1.57. The number of anilines is 3. The molecule has 5 rings (SSSR count). The molecule has 0 radical (unpaired) electrons. The Balaban J connectivity index is 1.40. The predicted molar refractivity (Wildman–Crippen MR) is 143 cm³/mol. The molecule has 0 unspecified atom stereocenters. The summed E-state index contributed by atoms with van der Waals surface area (Å²) >= 11 is 3.55. The number of fused-ring (bicyclic) bond motifs is 1. The lowest BCUT2D eigenvalue weighted by Gasteiger charge is -2.12. The number of hydrogen-bond donors (Lipinski definition) is 2. The van der Waals surface area contributed by atoms with Gasteiger partial charge >= 0.3 is 0 Å². The van der Waals surface area contributed by atoms with Crippen molar-refractivity contribution in [3.05, 3.63) is 107 Å². The van der Waals surface area contributed by atoms with Gasteiger partial charge < -0.3 is 15.4 Å². The van der Waals surface area contributed by atoms with Gasteiger partial charge in [0.15, 0.2) is 0 Å². The highest BCUT2D eigenvalue weighted by molar-refractivity contribution is 9.10. The molecular formula is C28H21BrN4O2. The van der Waals surface area contributed by atoms with Gasteiger partial charge in [0, 0.05) is 26.7 Å². The SMILES string of the molecule is COc1ccccc1NC(=O)c1ccc(Nc2nc(-c3ccccc3)c3cc(Br)ccc3n2)cc1. The molecule has 35 heavy (non-hydrogen) atoms. The van der Waals surface area contributed by atoms with Crippen molar-refractivity contribution >= 4 is 50.1 Å². The van der Waals surface area contributed by atoms with E-state index >= 15 is 0 Å². The Morgan fingerprint density at radius 3 is 2.37 bits per heavy atom. The quantitative estimate of drug-likeness (QED) is 0.248. The van der Waals surface area contributed by atoms with Crippen LogP contribution in [0.5, 0.6) is 5.75 Å². The van der Waals surface area contributed by atoms with Crippen molar-refractivity contribution in [2.45, 2.75) is 0 Å². The third kappa shape index (κ3) is 5.00. The van der Waals surface area contributed by atoms with Gasteiger partial charge in [0.25, 0.3) is 5.91 Å². The summed E-state index contributed by atoms with van der Waals surface area (Å²) in [6, 6.07) is 30.4. The van der Waals surface area contributed by atoms with Gasteiger partial charge in [-0.15, -0.1) is 0 Å². The number of halogens is 1. The highest BCUT2D eigenvalue weighted by Crippen LogP contribution is 2.30. The van der Waals surface area contributed by atoms with Crippen LogP contribution in [0.15, 0.2) is 102 Å². The first-order valence-corrected chi connectivity index (χ1v) is 11.7. The average molecular weight is 525 g/mol. The summed E-state index contributed by atoms with van der Waals surface area (Å²) in [5.74, 6) is 0.860. The first-order chi connectivity index (χ1) is 17.1. The van der Waals surface area contributed by atoms with E-state index in [9.17, 15) is 4.79 Å². The van der Waals surface area contributed by atoms with Crippen molar-refractivity contribution < 1.29 is 9.53 Å². The summed E-state index contributed by atoms with van der Waals surface area (Å²) in [5.41, 5.74) is 4.59. The van der Waals surface area contributed by atoms with E-state index in [0.29, 0.717) is 22.9 Å².